The lowest BCUT2D eigenvalue weighted by atomic mass is 10.3. The first-order valence-corrected chi connectivity index (χ1v) is 7.80. The molecule has 0 fully saturated rings. The predicted octanol–water partition coefficient (Wildman–Crippen LogP) is 1.79. The van der Waals surface area contributed by atoms with Gasteiger partial charge in [-0.1, -0.05) is 0 Å². The van der Waals surface area contributed by atoms with E-state index < -0.39 is 22.9 Å². The molecule has 0 radical (unpaired) electrons. The minimum absolute atomic E-state index is 0.128. The van der Waals surface area contributed by atoms with Crippen LogP contribution < -0.4 is 0 Å². The van der Waals surface area contributed by atoms with E-state index in [9.17, 15) is 17.2 Å². The molecule has 0 spiro atoms. The summed E-state index contributed by atoms with van der Waals surface area (Å²) in [5.74, 6) is 0.569. The maximum absolute atomic E-state index is 11.9. The van der Waals surface area contributed by atoms with Gasteiger partial charge in [-0.15, -0.1) is 0 Å². The van der Waals surface area contributed by atoms with Crippen LogP contribution in [0, 0.1) is 0 Å². The number of hydrogen-bond donors (Lipinski definition) is 1. The van der Waals surface area contributed by atoms with Crippen molar-refractivity contribution in [1.82, 2.24) is 9.97 Å². The molecule has 0 aliphatic rings. The van der Waals surface area contributed by atoms with E-state index >= 15 is 0 Å². The van der Waals surface area contributed by atoms with Crippen LogP contribution in [-0.2, 0) is 21.0 Å². The molecule has 5 nitrogen and oxygen atoms in total. The highest BCUT2D eigenvalue weighted by molar-refractivity contribution is 7.90. The Labute approximate surface area is 114 Å². The predicted molar refractivity (Wildman–Crippen MR) is 69.7 cm³/mol. The fourth-order valence-electron chi connectivity index (χ4n) is 1.73. The number of nitrogens with zero attached hydrogens (tertiary/aromatic N) is 1. The van der Waals surface area contributed by atoms with Crippen molar-refractivity contribution in [3.63, 3.8) is 0 Å². The fourth-order valence-corrected chi connectivity index (χ4v) is 2.38. The van der Waals surface area contributed by atoms with Crippen molar-refractivity contribution in [2.24, 2.45) is 0 Å². The molecule has 0 atom stereocenters. The lowest BCUT2D eigenvalue weighted by Crippen LogP contribution is -2.07. The Morgan fingerprint density at radius 2 is 2.15 bits per heavy atom. The number of aromatic amines is 1. The zero-order valence-corrected chi connectivity index (χ0v) is 11.6. The molecular weight excluding hydrogens is 290 g/mol. The molecule has 2 rings (SSSR count). The third-order valence-corrected chi connectivity index (χ3v) is 3.77. The number of rotatable bonds is 6. The second kappa shape index (κ2) is 5.84. The number of halogens is 2. The zero-order valence-electron chi connectivity index (χ0n) is 10.8. The first-order chi connectivity index (χ1) is 9.36. The third kappa shape index (κ3) is 3.73. The normalized spacial score (nSPS) is 12.4. The van der Waals surface area contributed by atoms with Crippen LogP contribution in [-0.4, -0.2) is 44.3 Å². The monoisotopic (exact) mass is 304 g/mol. The standard InChI is InChI=1S/C12H14F2N2O3S/c1-20(17,18)8-2-3-9-10(6-8)16-12(15-9)4-5-19-7-11(13)14/h2-3,6,11H,4-5,7H2,1H3,(H,15,16). The van der Waals surface area contributed by atoms with E-state index in [4.69, 9.17) is 4.74 Å². The van der Waals surface area contributed by atoms with Gasteiger partial charge in [0.1, 0.15) is 12.4 Å². The Balaban J connectivity index is 2.09. The van der Waals surface area contributed by atoms with Crippen molar-refractivity contribution >= 4 is 20.9 Å². The highest BCUT2D eigenvalue weighted by Gasteiger charge is 2.10. The molecule has 110 valence electrons. The van der Waals surface area contributed by atoms with Gasteiger partial charge >= 0.3 is 0 Å². The molecule has 0 aliphatic carbocycles. The first kappa shape index (κ1) is 14.9. The van der Waals surface area contributed by atoms with Gasteiger partial charge in [-0.05, 0) is 18.2 Å². The van der Waals surface area contributed by atoms with Crippen LogP contribution in [0.1, 0.15) is 5.82 Å². The molecule has 0 saturated heterocycles. The largest absolute Gasteiger partial charge is 0.375 e. The number of nitrogens with one attached hydrogen (secondary N) is 1. The van der Waals surface area contributed by atoms with Crippen molar-refractivity contribution in [3.05, 3.63) is 24.0 Å². The summed E-state index contributed by atoms with van der Waals surface area (Å²) >= 11 is 0. The Kier molecular flexibility index (Phi) is 4.34. The molecule has 0 amide bonds. The van der Waals surface area contributed by atoms with Crippen LogP contribution in [0.5, 0.6) is 0 Å². The fraction of sp³-hybridized carbons (Fsp3) is 0.417. The van der Waals surface area contributed by atoms with Gasteiger partial charge in [-0.25, -0.2) is 22.2 Å². The number of hydrogen-bond acceptors (Lipinski definition) is 4. The Morgan fingerprint density at radius 3 is 2.80 bits per heavy atom. The highest BCUT2D eigenvalue weighted by Crippen LogP contribution is 2.17. The number of H-pyrrole nitrogens is 1. The van der Waals surface area contributed by atoms with E-state index in [-0.39, 0.29) is 11.5 Å². The van der Waals surface area contributed by atoms with Crippen LogP contribution in [0.3, 0.4) is 0 Å². The van der Waals surface area contributed by atoms with Gasteiger partial charge in [0.2, 0.25) is 0 Å². The van der Waals surface area contributed by atoms with Gasteiger partial charge in [0.25, 0.3) is 6.43 Å². The van der Waals surface area contributed by atoms with Gasteiger partial charge in [-0.2, -0.15) is 0 Å². The van der Waals surface area contributed by atoms with Crippen molar-refractivity contribution < 1.29 is 21.9 Å². The first-order valence-electron chi connectivity index (χ1n) is 5.91. The average Bonchev–Trinajstić information content (AvgIpc) is 2.74. The van der Waals surface area contributed by atoms with Crippen molar-refractivity contribution in [2.45, 2.75) is 17.7 Å². The van der Waals surface area contributed by atoms with E-state index in [0.29, 0.717) is 23.3 Å². The zero-order chi connectivity index (χ0) is 14.8. The quantitative estimate of drug-likeness (QED) is 0.826. The maximum atomic E-state index is 11.9. The van der Waals surface area contributed by atoms with Gasteiger partial charge in [0.05, 0.1) is 22.5 Å². The summed E-state index contributed by atoms with van der Waals surface area (Å²) in [6, 6.07) is 4.59. The second-order valence-electron chi connectivity index (χ2n) is 4.35. The summed E-state index contributed by atoms with van der Waals surface area (Å²) < 4.78 is 51.4. The maximum Gasteiger partial charge on any atom is 0.261 e. The molecule has 20 heavy (non-hydrogen) atoms. The summed E-state index contributed by atoms with van der Waals surface area (Å²) in [6.45, 7) is -0.471. The molecule has 1 N–H and O–H groups in total. The van der Waals surface area contributed by atoms with Crippen molar-refractivity contribution in [1.29, 1.82) is 0 Å². The second-order valence-corrected chi connectivity index (χ2v) is 6.37. The Bertz CT molecular complexity index is 698. The van der Waals surface area contributed by atoms with Gasteiger partial charge in [0.15, 0.2) is 9.84 Å². The number of benzene rings is 1. The molecule has 1 heterocycles. The minimum atomic E-state index is -3.27. The summed E-state index contributed by atoms with van der Waals surface area (Å²) in [7, 11) is -3.27. The smallest absolute Gasteiger partial charge is 0.261 e. The Hall–Kier alpha value is -1.54. The number of sulfone groups is 1. The summed E-state index contributed by atoms with van der Waals surface area (Å²) in [4.78, 5) is 7.39. The SMILES string of the molecule is CS(=O)(=O)c1ccc2nc(CCOCC(F)F)[nH]c2c1. The van der Waals surface area contributed by atoms with E-state index in [0.717, 1.165) is 6.26 Å². The molecule has 0 unspecified atom stereocenters. The summed E-state index contributed by atoms with van der Waals surface area (Å²) in [6.07, 6.45) is -0.998. The molecule has 2 aromatic rings. The van der Waals surface area contributed by atoms with Gasteiger partial charge in [-0.3, -0.25) is 0 Å². The molecule has 1 aromatic heterocycles. The topological polar surface area (TPSA) is 72.1 Å². The van der Waals surface area contributed by atoms with Gasteiger partial charge < -0.3 is 9.72 Å². The summed E-state index contributed by atoms with van der Waals surface area (Å²) in [5, 5.41) is 0. The van der Waals surface area contributed by atoms with E-state index in [1.54, 1.807) is 6.07 Å². The molecule has 0 aliphatic heterocycles. The summed E-state index contributed by atoms with van der Waals surface area (Å²) in [5.41, 5.74) is 1.22. The number of ether oxygens (including phenoxy) is 1. The minimum Gasteiger partial charge on any atom is -0.375 e. The van der Waals surface area contributed by atoms with Crippen molar-refractivity contribution in [2.75, 3.05) is 19.5 Å². The Morgan fingerprint density at radius 1 is 1.40 bits per heavy atom. The third-order valence-electron chi connectivity index (χ3n) is 2.66. The molecule has 0 bridgehead atoms. The number of fused-ring (bicyclic) bond motifs is 1. The van der Waals surface area contributed by atoms with Gasteiger partial charge in [0, 0.05) is 12.7 Å². The van der Waals surface area contributed by atoms with Crippen molar-refractivity contribution in [3.8, 4) is 0 Å². The highest BCUT2D eigenvalue weighted by atomic mass is 32.2. The lowest BCUT2D eigenvalue weighted by Gasteiger charge is -2.00. The number of imidazole rings is 1. The van der Waals surface area contributed by atoms with Crippen LogP contribution in [0.15, 0.2) is 23.1 Å². The van der Waals surface area contributed by atoms with Crippen LogP contribution in [0.4, 0.5) is 8.78 Å². The van der Waals surface area contributed by atoms with Crippen LogP contribution in [0.2, 0.25) is 0 Å². The molecule has 1 aromatic carbocycles. The number of alkyl halides is 2. The van der Waals surface area contributed by atoms with Crippen LogP contribution in [0.25, 0.3) is 11.0 Å². The lowest BCUT2D eigenvalue weighted by molar-refractivity contribution is 0.0183. The average molecular weight is 304 g/mol. The van der Waals surface area contributed by atoms with Crippen LogP contribution >= 0.6 is 0 Å². The molecule has 8 heteroatoms. The number of aromatic nitrogens is 2. The molecular formula is C12H14F2N2O3S. The van der Waals surface area contributed by atoms with E-state index in [2.05, 4.69) is 9.97 Å². The van der Waals surface area contributed by atoms with E-state index in [1.165, 1.54) is 12.1 Å². The molecule has 0 saturated carbocycles. The van der Waals surface area contributed by atoms with E-state index in [1.807, 2.05) is 0 Å².